The van der Waals surface area contributed by atoms with Crippen molar-refractivity contribution in [2.45, 2.75) is 6.61 Å². The molecule has 0 aliphatic heterocycles. The minimum atomic E-state index is -0.588. The van der Waals surface area contributed by atoms with Crippen molar-refractivity contribution in [1.29, 1.82) is 0 Å². The second-order valence-corrected chi connectivity index (χ2v) is 3.93. The van der Waals surface area contributed by atoms with Crippen molar-refractivity contribution in [2.75, 3.05) is 7.11 Å². The van der Waals surface area contributed by atoms with Gasteiger partial charge in [-0.05, 0) is 12.1 Å². The van der Waals surface area contributed by atoms with Crippen molar-refractivity contribution in [3.8, 4) is 5.69 Å². The first-order valence-corrected chi connectivity index (χ1v) is 5.57. The normalized spacial score (nSPS) is 10.4. The number of hydrogen-bond donors (Lipinski definition) is 1. The molecule has 0 radical (unpaired) electrons. The molecule has 1 N–H and O–H groups in total. The van der Waals surface area contributed by atoms with Gasteiger partial charge in [-0.25, -0.2) is 9.78 Å². The van der Waals surface area contributed by atoms with Crippen molar-refractivity contribution in [3.05, 3.63) is 47.0 Å². The predicted molar refractivity (Wildman–Crippen MR) is 65.8 cm³/mol. The standard InChI is InChI=1S/C12H11ClN2O3/c1-18-12(17)11-14-8(7-16)6-15(11)10-5-3-2-4-9(10)13/h2-6,16H,7H2,1H3. The minimum absolute atomic E-state index is 0.0784. The van der Waals surface area contributed by atoms with Gasteiger partial charge in [-0.3, -0.25) is 4.57 Å². The van der Waals surface area contributed by atoms with E-state index in [-0.39, 0.29) is 12.4 Å². The average molecular weight is 267 g/mol. The van der Waals surface area contributed by atoms with Crippen molar-refractivity contribution < 1.29 is 14.6 Å². The van der Waals surface area contributed by atoms with Crippen LogP contribution in [-0.2, 0) is 11.3 Å². The summed E-state index contributed by atoms with van der Waals surface area (Å²) in [4.78, 5) is 15.6. The molecule has 5 nitrogen and oxygen atoms in total. The van der Waals surface area contributed by atoms with Crippen LogP contribution >= 0.6 is 11.6 Å². The lowest BCUT2D eigenvalue weighted by Gasteiger charge is -2.07. The highest BCUT2D eigenvalue weighted by atomic mass is 35.5. The molecular weight excluding hydrogens is 256 g/mol. The number of para-hydroxylation sites is 1. The maximum absolute atomic E-state index is 11.6. The molecule has 94 valence electrons. The number of benzene rings is 1. The van der Waals surface area contributed by atoms with Gasteiger partial charge in [-0.15, -0.1) is 0 Å². The lowest BCUT2D eigenvalue weighted by atomic mass is 10.3. The van der Waals surface area contributed by atoms with Gasteiger partial charge in [0.15, 0.2) is 0 Å². The second-order valence-electron chi connectivity index (χ2n) is 3.53. The summed E-state index contributed by atoms with van der Waals surface area (Å²) in [6, 6.07) is 7.03. The van der Waals surface area contributed by atoms with Gasteiger partial charge >= 0.3 is 5.97 Å². The Morgan fingerprint density at radius 2 is 2.22 bits per heavy atom. The molecule has 0 amide bonds. The summed E-state index contributed by atoms with van der Waals surface area (Å²) < 4.78 is 6.15. The minimum Gasteiger partial charge on any atom is -0.463 e. The van der Waals surface area contributed by atoms with E-state index in [0.29, 0.717) is 16.4 Å². The van der Waals surface area contributed by atoms with Crippen LogP contribution in [0.1, 0.15) is 16.3 Å². The van der Waals surface area contributed by atoms with Crippen molar-refractivity contribution >= 4 is 17.6 Å². The molecule has 0 saturated heterocycles. The lowest BCUT2D eigenvalue weighted by Crippen LogP contribution is -2.10. The lowest BCUT2D eigenvalue weighted by molar-refractivity contribution is 0.0584. The summed E-state index contributed by atoms with van der Waals surface area (Å²) in [5.41, 5.74) is 0.974. The fourth-order valence-corrected chi connectivity index (χ4v) is 1.80. The second kappa shape index (κ2) is 5.20. The first kappa shape index (κ1) is 12.6. The summed E-state index contributed by atoms with van der Waals surface area (Å²) in [6.45, 7) is -0.262. The van der Waals surface area contributed by atoms with Crippen LogP contribution in [0.5, 0.6) is 0 Å². The number of aromatic nitrogens is 2. The van der Waals surface area contributed by atoms with Crippen LogP contribution in [0.25, 0.3) is 5.69 Å². The molecule has 1 aromatic carbocycles. The average Bonchev–Trinajstić information content (AvgIpc) is 2.82. The molecule has 1 aromatic heterocycles. The van der Waals surface area contributed by atoms with Gasteiger partial charge in [0.05, 0.1) is 30.1 Å². The Bertz CT molecular complexity index is 580. The summed E-state index contributed by atoms with van der Waals surface area (Å²) >= 11 is 6.07. The number of aliphatic hydroxyl groups excluding tert-OH is 1. The largest absolute Gasteiger partial charge is 0.463 e. The Hall–Kier alpha value is -1.85. The van der Waals surface area contributed by atoms with E-state index < -0.39 is 5.97 Å². The fourth-order valence-electron chi connectivity index (χ4n) is 1.57. The smallest absolute Gasteiger partial charge is 0.374 e. The number of imidazole rings is 1. The van der Waals surface area contributed by atoms with E-state index in [1.165, 1.54) is 11.7 Å². The zero-order valence-electron chi connectivity index (χ0n) is 9.63. The van der Waals surface area contributed by atoms with E-state index in [1.54, 1.807) is 30.5 Å². The van der Waals surface area contributed by atoms with Gasteiger partial charge in [0.1, 0.15) is 0 Å². The number of halogens is 1. The summed E-state index contributed by atoms with van der Waals surface area (Å²) in [5.74, 6) is -0.510. The SMILES string of the molecule is COC(=O)c1nc(CO)cn1-c1ccccc1Cl. The number of nitrogens with zero attached hydrogens (tertiary/aromatic N) is 2. The monoisotopic (exact) mass is 266 g/mol. The molecule has 0 atom stereocenters. The van der Waals surface area contributed by atoms with Crippen LogP contribution in [0.15, 0.2) is 30.5 Å². The van der Waals surface area contributed by atoms with Gasteiger partial charge in [0.2, 0.25) is 5.82 Å². The van der Waals surface area contributed by atoms with Gasteiger partial charge < -0.3 is 9.84 Å². The number of rotatable bonds is 3. The third-order valence-corrected chi connectivity index (χ3v) is 2.72. The summed E-state index contributed by atoms with van der Waals surface area (Å²) in [7, 11) is 1.27. The molecule has 1 heterocycles. The molecule has 2 aromatic rings. The fraction of sp³-hybridized carbons (Fsp3) is 0.167. The Balaban J connectivity index is 2.59. The number of ether oxygens (including phenoxy) is 1. The number of aliphatic hydroxyl groups is 1. The van der Waals surface area contributed by atoms with Crippen molar-refractivity contribution in [2.24, 2.45) is 0 Å². The van der Waals surface area contributed by atoms with Crippen molar-refractivity contribution in [1.82, 2.24) is 9.55 Å². The molecule has 0 saturated carbocycles. The number of esters is 1. The third kappa shape index (κ3) is 2.23. The molecule has 0 aliphatic carbocycles. The number of hydrogen-bond acceptors (Lipinski definition) is 4. The molecular formula is C12H11ClN2O3. The van der Waals surface area contributed by atoms with Gasteiger partial charge in [-0.2, -0.15) is 0 Å². The van der Waals surface area contributed by atoms with Crippen LogP contribution in [0.2, 0.25) is 5.02 Å². The van der Waals surface area contributed by atoms with E-state index in [2.05, 4.69) is 9.72 Å². The number of carbonyl (C=O) groups is 1. The van der Waals surface area contributed by atoms with Crippen molar-refractivity contribution in [3.63, 3.8) is 0 Å². The van der Waals surface area contributed by atoms with Gasteiger partial charge in [-0.1, -0.05) is 23.7 Å². The first-order chi connectivity index (χ1) is 8.67. The Morgan fingerprint density at radius 3 is 2.83 bits per heavy atom. The molecule has 18 heavy (non-hydrogen) atoms. The Morgan fingerprint density at radius 1 is 1.50 bits per heavy atom. The molecule has 2 rings (SSSR count). The highest BCUT2D eigenvalue weighted by Gasteiger charge is 2.18. The molecule has 0 aliphatic rings. The number of methoxy groups -OCH3 is 1. The highest BCUT2D eigenvalue weighted by molar-refractivity contribution is 6.32. The number of carbonyl (C=O) groups excluding carboxylic acids is 1. The van der Waals surface area contributed by atoms with Crippen LogP contribution in [-0.4, -0.2) is 27.7 Å². The summed E-state index contributed by atoms with van der Waals surface area (Å²) in [6.07, 6.45) is 1.55. The van der Waals surface area contributed by atoms with E-state index in [9.17, 15) is 4.79 Å². The molecule has 0 bridgehead atoms. The van der Waals surface area contributed by atoms with Crippen LogP contribution in [0.4, 0.5) is 0 Å². The molecule has 0 unspecified atom stereocenters. The zero-order valence-corrected chi connectivity index (χ0v) is 10.4. The van der Waals surface area contributed by atoms with Crippen LogP contribution < -0.4 is 0 Å². The predicted octanol–water partition coefficient (Wildman–Crippen LogP) is 1.80. The maximum Gasteiger partial charge on any atom is 0.374 e. The third-order valence-electron chi connectivity index (χ3n) is 2.40. The van der Waals surface area contributed by atoms with Gasteiger partial charge in [0, 0.05) is 6.20 Å². The zero-order chi connectivity index (χ0) is 13.1. The molecule has 0 fully saturated rings. The Kier molecular flexibility index (Phi) is 3.64. The molecule has 6 heteroatoms. The van der Waals surface area contributed by atoms with Crippen LogP contribution in [0, 0.1) is 0 Å². The quantitative estimate of drug-likeness (QED) is 0.861. The highest BCUT2D eigenvalue weighted by Crippen LogP contribution is 2.22. The van der Waals surface area contributed by atoms with E-state index in [0.717, 1.165) is 0 Å². The topological polar surface area (TPSA) is 64.3 Å². The van der Waals surface area contributed by atoms with E-state index in [1.807, 2.05) is 0 Å². The maximum atomic E-state index is 11.6. The van der Waals surface area contributed by atoms with Crippen LogP contribution in [0.3, 0.4) is 0 Å². The Labute approximate surface area is 109 Å². The molecule has 0 spiro atoms. The first-order valence-electron chi connectivity index (χ1n) is 5.19. The summed E-state index contributed by atoms with van der Waals surface area (Å²) in [5, 5.41) is 9.56. The van der Waals surface area contributed by atoms with Gasteiger partial charge in [0.25, 0.3) is 0 Å². The van der Waals surface area contributed by atoms with E-state index >= 15 is 0 Å². The van der Waals surface area contributed by atoms with E-state index in [4.69, 9.17) is 16.7 Å².